The van der Waals surface area contributed by atoms with Crippen LogP contribution < -0.4 is 0 Å². The summed E-state index contributed by atoms with van der Waals surface area (Å²) in [5, 5.41) is 11.6. The fraction of sp³-hybridized carbons (Fsp3) is 0.222. The van der Waals surface area contributed by atoms with Crippen LogP contribution in [0.2, 0.25) is 0 Å². The molecule has 3 heteroatoms. The zero-order chi connectivity index (χ0) is 8.27. The van der Waals surface area contributed by atoms with Crippen molar-refractivity contribution < 1.29 is 22.3 Å². The molecule has 0 fully saturated rings. The van der Waals surface area contributed by atoms with Gasteiger partial charge in [0.2, 0.25) is 0 Å². The average Bonchev–Trinajstić information content (AvgIpc) is 2.05. The third-order valence-corrected chi connectivity index (χ3v) is 1.62. The van der Waals surface area contributed by atoms with Gasteiger partial charge in [0.05, 0.1) is 5.71 Å². The molecule has 0 aliphatic rings. The van der Waals surface area contributed by atoms with Crippen LogP contribution in [0.25, 0.3) is 0 Å². The van der Waals surface area contributed by atoms with Gasteiger partial charge in [-0.2, -0.15) is 0 Å². The minimum atomic E-state index is 0. The van der Waals surface area contributed by atoms with Crippen LogP contribution in [0.5, 0.6) is 0 Å². The summed E-state index contributed by atoms with van der Waals surface area (Å²) in [6.45, 7) is 3.79. The number of rotatable bonds is 1. The second-order valence-electron chi connectivity index (χ2n) is 2.55. The van der Waals surface area contributed by atoms with Crippen LogP contribution in [0.1, 0.15) is 18.1 Å². The first kappa shape index (κ1) is 11.2. The molecule has 0 aliphatic carbocycles. The Morgan fingerprint density at radius 1 is 1.25 bits per heavy atom. The van der Waals surface area contributed by atoms with E-state index in [1.165, 1.54) is 5.56 Å². The van der Waals surface area contributed by atoms with Crippen molar-refractivity contribution in [2.45, 2.75) is 13.8 Å². The molecule has 0 radical (unpaired) electrons. The number of hydrogen-bond acceptors (Lipinski definition) is 2. The van der Waals surface area contributed by atoms with Gasteiger partial charge in [0, 0.05) is 17.1 Å². The Bertz CT molecular complexity index is 266. The van der Waals surface area contributed by atoms with Crippen molar-refractivity contribution in [1.29, 1.82) is 0 Å². The van der Waals surface area contributed by atoms with Crippen LogP contribution in [-0.2, 0) is 17.1 Å². The normalized spacial score (nSPS) is 10.7. The van der Waals surface area contributed by atoms with Gasteiger partial charge in [0.25, 0.3) is 0 Å². The summed E-state index contributed by atoms with van der Waals surface area (Å²) in [7, 11) is 0. The first-order chi connectivity index (χ1) is 5.24. The predicted molar refractivity (Wildman–Crippen MR) is 45.2 cm³/mol. The molecule has 66 valence electrons. The molecule has 0 bridgehead atoms. The Hall–Kier alpha value is -0.791. The molecule has 1 aromatic rings. The van der Waals surface area contributed by atoms with E-state index in [1.807, 2.05) is 31.2 Å². The molecule has 12 heavy (non-hydrogen) atoms. The van der Waals surface area contributed by atoms with Crippen LogP contribution in [-0.4, -0.2) is 10.9 Å². The van der Waals surface area contributed by atoms with Crippen molar-refractivity contribution in [1.82, 2.24) is 0 Å². The fourth-order valence-electron chi connectivity index (χ4n) is 0.852. The van der Waals surface area contributed by atoms with Crippen LogP contribution in [0.15, 0.2) is 29.4 Å². The number of hydrogen-bond donors (Lipinski definition) is 1. The van der Waals surface area contributed by atoms with Crippen LogP contribution >= 0.6 is 0 Å². The maximum absolute atomic E-state index is 8.45. The zero-order valence-electron chi connectivity index (χ0n) is 7.06. The van der Waals surface area contributed by atoms with E-state index < -0.39 is 0 Å². The number of nitrogens with zero attached hydrogens (tertiary/aromatic N) is 1. The van der Waals surface area contributed by atoms with E-state index in [9.17, 15) is 0 Å². The van der Waals surface area contributed by atoms with Crippen LogP contribution in [0.3, 0.4) is 0 Å². The van der Waals surface area contributed by atoms with Crippen molar-refractivity contribution in [3.63, 3.8) is 0 Å². The second kappa shape index (κ2) is 4.96. The van der Waals surface area contributed by atoms with Gasteiger partial charge in [-0.05, 0) is 19.4 Å². The third kappa shape index (κ3) is 2.68. The summed E-state index contributed by atoms with van der Waals surface area (Å²) >= 11 is 0. The maximum atomic E-state index is 8.45. The van der Waals surface area contributed by atoms with Crippen LogP contribution in [0, 0.1) is 6.92 Å². The molecule has 0 amide bonds. The molecule has 1 N–H and O–H groups in total. The molecule has 0 aliphatic heterocycles. The van der Waals surface area contributed by atoms with E-state index in [4.69, 9.17) is 5.21 Å². The largest absolute Gasteiger partial charge is 0.411 e. The summed E-state index contributed by atoms with van der Waals surface area (Å²) in [6, 6.07) is 7.85. The van der Waals surface area contributed by atoms with Crippen molar-refractivity contribution in [2.24, 2.45) is 5.16 Å². The molecule has 0 atom stereocenters. The van der Waals surface area contributed by atoms with Gasteiger partial charge in [-0.15, -0.1) is 0 Å². The Kier molecular flexibility index (Phi) is 4.64. The SMILES string of the molecule is CC(=NO)c1ccc(C)cc1.[Fe]. The van der Waals surface area contributed by atoms with Gasteiger partial charge in [-0.1, -0.05) is 35.0 Å². The summed E-state index contributed by atoms with van der Waals surface area (Å²) in [4.78, 5) is 0. The average molecular weight is 205 g/mol. The molecule has 0 unspecified atom stereocenters. The number of benzene rings is 1. The molecule has 1 aromatic carbocycles. The van der Waals surface area contributed by atoms with Crippen molar-refractivity contribution in [2.75, 3.05) is 0 Å². The molecular formula is C9H11FeNO. The smallest absolute Gasteiger partial charge is 0.0836 e. The first-order valence-electron chi connectivity index (χ1n) is 3.49. The van der Waals surface area contributed by atoms with Gasteiger partial charge in [0.1, 0.15) is 0 Å². The Morgan fingerprint density at radius 2 is 1.75 bits per heavy atom. The first-order valence-corrected chi connectivity index (χ1v) is 3.49. The van der Waals surface area contributed by atoms with Gasteiger partial charge in [0.15, 0.2) is 0 Å². The standard InChI is InChI=1S/C9H11NO.Fe/c1-7-3-5-9(6-4-7)8(2)10-11;/h3-6,11H,1-2H3;. The van der Waals surface area contributed by atoms with E-state index in [-0.39, 0.29) is 17.1 Å². The Labute approximate surface area is 82.8 Å². The van der Waals surface area contributed by atoms with Crippen molar-refractivity contribution in [3.05, 3.63) is 35.4 Å². The number of aryl methyl sites for hydroxylation is 1. The Balaban J connectivity index is 0.00000121. The van der Waals surface area contributed by atoms with Gasteiger partial charge >= 0.3 is 0 Å². The second-order valence-corrected chi connectivity index (χ2v) is 2.55. The quantitative estimate of drug-likeness (QED) is 0.324. The monoisotopic (exact) mass is 205 g/mol. The third-order valence-electron chi connectivity index (χ3n) is 1.62. The minimum absolute atomic E-state index is 0. The fourth-order valence-corrected chi connectivity index (χ4v) is 0.852. The predicted octanol–water partition coefficient (Wildman–Crippen LogP) is 2.19. The van der Waals surface area contributed by atoms with E-state index >= 15 is 0 Å². The molecule has 0 saturated heterocycles. The molecule has 2 nitrogen and oxygen atoms in total. The van der Waals surface area contributed by atoms with Crippen molar-refractivity contribution >= 4 is 5.71 Å². The summed E-state index contributed by atoms with van der Waals surface area (Å²) < 4.78 is 0. The van der Waals surface area contributed by atoms with Gasteiger partial charge in [-0.25, -0.2) is 0 Å². The maximum Gasteiger partial charge on any atom is 0.0836 e. The molecule has 1 rings (SSSR count). The van der Waals surface area contributed by atoms with E-state index in [1.54, 1.807) is 6.92 Å². The molecule has 0 spiro atoms. The van der Waals surface area contributed by atoms with Gasteiger partial charge in [-0.3, -0.25) is 0 Å². The number of oxime groups is 1. The van der Waals surface area contributed by atoms with Crippen molar-refractivity contribution in [3.8, 4) is 0 Å². The van der Waals surface area contributed by atoms with E-state index in [2.05, 4.69) is 5.16 Å². The topological polar surface area (TPSA) is 32.6 Å². The molecular weight excluding hydrogens is 194 g/mol. The van der Waals surface area contributed by atoms with E-state index in [0.29, 0.717) is 5.71 Å². The summed E-state index contributed by atoms with van der Waals surface area (Å²) in [5.74, 6) is 0. The summed E-state index contributed by atoms with van der Waals surface area (Å²) in [6.07, 6.45) is 0. The minimum Gasteiger partial charge on any atom is -0.411 e. The zero-order valence-corrected chi connectivity index (χ0v) is 8.16. The summed E-state index contributed by atoms with van der Waals surface area (Å²) in [5.41, 5.74) is 2.81. The Morgan fingerprint density at radius 3 is 2.17 bits per heavy atom. The van der Waals surface area contributed by atoms with Crippen LogP contribution in [0.4, 0.5) is 0 Å². The van der Waals surface area contributed by atoms with E-state index in [0.717, 1.165) is 5.56 Å². The molecule has 0 heterocycles. The molecule has 0 aromatic heterocycles. The molecule has 0 saturated carbocycles. The van der Waals surface area contributed by atoms with Gasteiger partial charge < -0.3 is 5.21 Å².